The van der Waals surface area contributed by atoms with Crippen LogP contribution in [0.15, 0.2) is 23.9 Å². The number of nitrogens with two attached hydrogens (primary N) is 1. The number of aliphatic hydroxyl groups is 2. The summed E-state index contributed by atoms with van der Waals surface area (Å²) in [5.41, 5.74) is 5.75. The van der Waals surface area contributed by atoms with Crippen LogP contribution in [0.4, 0.5) is 14.6 Å². The highest BCUT2D eigenvalue weighted by Crippen LogP contribution is 2.37. The van der Waals surface area contributed by atoms with Gasteiger partial charge < -0.3 is 30.9 Å². The van der Waals surface area contributed by atoms with Gasteiger partial charge >= 0.3 is 0 Å². The van der Waals surface area contributed by atoms with E-state index in [0.29, 0.717) is 40.0 Å². The van der Waals surface area contributed by atoms with E-state index in [2.05, 4.69) is 10.3 Å². The number of hydrogen-bond acceptors (Lipinski definition) is 9. The van der Waals surface area contributed by atoms with E-state index < -0.39 is 18.1 Å². The van der Waals surface area contributed by atoms with Crippen molar-refractivity contribution in [3.8, 4) is 17.1 Å². The summed E-state index contributed by atoms with van der Waals surface area (Å²) in [6, 6.07) is 4.89. The second kappa shape index (κ2) is 12.3. The van der Waals surface area contributed by atoms with Crippen molar-refractivity contribution in [2.45, 2.75) is 51.7 Å². The standard InChI is InChI=1S/C26H34ClF2N5O4/c1-14-22(21(15(2)30)16(3)35)32-23(33-24(14)34-9-7-26(37,8-10-34)25(28)29)19-11-18(5-6-20(19)27)38-13-17(36)12-31-4/h5-6,11,17,25,31,36-37H,7-10,12-13,30H2,1-4H3/t17-/m1/s1. The average Bonchev–Trinajstić information content (AvgIpc) is 2.85. The van der Waals surface area contributed by atoms with Gasteiger partial charge in [0.25, 0.3) is 6.43 Å². The van der Waals surface area contributed by atoms with Gasteiger partial charge in [-0.2, -0.15) is 0 Å². The third-order valence-corrected chi connectivity index (χ3v) is 6.83. The van der Waals surface area contributed by atoms with E-state index in [1.165, 1.54) is 6.92 Å². The molecule has 0 saturated carbocycles. The van der Waals surface area contributed by atoms with Crippen LogP contribution in [0, 0.1) is 6.92 Å². The molecule has 0 unspecified atom stereocenters. The summed E-state index contributed by atoms with van der Waals surface area (Å²) < 4.78 is 32.5. The molecule has 1 atom stereocenters. The Bertz CT molecular complexity index is 1200. The van der Waals surface area contributed by atoms with E-state index in [4.69, 9.17) is 27.1 Å². The lowest BCUT2D eigenvalue weighted by Gasteiger charge is -2.38. The largest absolute Gasteiger partial charge is 0.491 e. The van der Waals surface area contributed by atoms with Crippen molar-refractivity contribution in [1.82, 2.24) is 15.3 Å². The highest BCUT2D eigenvalue weighted by atomic mass is 35.5. The molecule has 1 aromatic carbocycles. The molecule has 2 aromatic rings. The van der Waals surface area contributed by atoms with Gasteiger partial charge in [-0.15, -0.1) is 0 Å². The minimum Gasteiger partial charge on any atom is -0.491 e. The summed E-state index contributed by atoms with van der Waals surface area (Å²) >= 11 is 6.52. The number of rotatable bonds is 10. The van der Waals surface area contributed by atoms with Gasteiger partial charge in [0.05, 0.1) is 16.3 Å². The molecular formula is C26H34ClF2N5O4. The molecule has 0 bridgehead atoms. The summed E-state index contributed by atoms with van der Waals surface area (Å²) in [6.45, 7) is 5.35. The number of alkyl halides is 2. The fourth-order valence-corrected chi connectivity index (χ4v) is 4.59. The molecule has 0 amide bonds. The second-order valence-electron chi connectivity index (χ2n) is 9.51. The molecular weight excluding hydrogens is 520 g/mol. The van der Waals surface area contributed by atoms with Gasteiger partial charge in [0.2, 0.25) is 0 Å². The molecule has 1 fully saturated rings. The first kappa shape index (κ1) is 29.7. The Labute approximate surface area is 225 Å². The van der Waals surface area contributed by atoms with Crippen LogP contribution in [0.5, 0.6) is 5.75 Å². The Morgan fingerprint density at radius 1 is 1.29 bits per heavy atom. The number of halogens is 3. The number of nitrogens with one attached hydrogen (secondary N) is 1. The topological polar surface area (TPSA) is 134 Å². The Kier molecular flexibility index (Phi) is 9.64. The molecule has 2 heterocycles. The van der Waals surface area contributed by atoms with Crippen LogP contribution in [-0.4, -0.2) is 77.4 Å². The minimum absolute atomic E-state index is 0.0393. The number of allylic oxidation sites excluding steroid dienone is 2. The van der Waals surface area contributed by atoms with Crippen LogP contribution < -0.4 is 20.7 Å². The first-order valence-electron chi connectivity index (χ1n) is 12.2. The molecule has 0 radical (unpaired) electrons. The quantitative estimate of drug-likeness (QED) is 0.328. The van der Waals surface area contributed by atoms with Gasteiger partial charge in [-0.05, 0) is 58.9 Å². The van der Waals surface area contributed by atoms with Crippen LogP contribution in [-0.2, 0) is 4.79 Å². The number of likely N-dealkylation sites (N-methyl/N-ethyl adjacent to an activating group) is 1. The second-order valence-corrected chi connectivity index (χ2v) is 9.92. The Morgan fingerprint density at radius 3 is 2.50 bits per heavy atom. The molecule has 1 aliphatic rings. The SMILES string of the molecule is CNC[C@@H](O)COc1ccc(Cl)c(-c2nc(C(C(C)=O)=C(C)N)c(C)c(N3CCC(O)(C(F)F)CC3)n2)c1. The average molecular weight is 554 g/mol. The smallest absolute Gasteiger partial charge is 0.266 e. The first-order valence-corrected chi connectivity index (χ1v) is 12.6. The van der Waals surface area contributed by atoms with Crippen LogP contribution in [0.25, 0.3) is 17.0 Å². The van der Waals surface area contributed by atoms with Gasteiger partial charge in [-0.1, -0.05) is 11.6 Å². The van der Waals surface area contributed by atoms with E-state index in [-0.39, 0.29) is 55.4 Å². The number of hydrogen-bond donors (Lipinski definition) is 4. The summed E-state index contributed by atoms with van der Waals surface area (Å²) in [5, 5.41) is 23.4. The molecule has 38 heavy (non-hydrogen) atoms. The summed E-state index contributed by atoms with van der Waals surface area (Å²) in [6.07, 6.45) is -3.89. The molecule has 208 valence electrons. The van der Waals surface area contributed by atoms with Gasteiger partial charge in [-0.3, -0.25) is 4.79 Å². The van der Waals surface area contributed by atoms with E-state index in [1.54, 1.807) is 44.0 Å². The molecule has 0 aliphatic carbocycles. The number of nitrogens with zero attached hydrogens (tertiary/aromatic N) is 3. The molecule has 5 N–H and O–H groups in total. The number of piperidine rings is 1. The van der Waals surface area contributed by atoms with Crippen molar-refractivity contribution in [2.75, 3.05) is 38.2 Å². The number of aromatic nitrogens is 2. The van der Waals surface area contributed by atoms with E-state index >= 15 is 0 Å². The van der Waals surface area contributed by atoms with E-state index in [1.807, 2.05) is 0 Å². The van der Waals surface area contributed by atoms with Crippen molar-refractivity contribution in [2.24, 2.45) is 5.73 Å². The molecule has 12 heteroatoms. The lowest BCUT2D eigenvalue weighted by Crippen LogP contribution is -2.49. The maximum absolute atomic E-state index is 13.4. The minimum atomic E-state index is -2.86. The number of carbonyl (C=O) groups excluding carboxylic acids is 1. The Balaban J connectivity index is 2.11. The Morgan fingerprint density at radius 2 is 1.95 bits per heavy atom. The van der Waals surface area contributed by atoms with Crippen LogP contribution in [0.2, 0.25) is 5.02 Å². The summed E-state index contributed by atoms with van der Waals surface area (Å²) in [7, 11) is 1.72. The van der Waals surface area contributed by atoms with Gasteiger partial charge in [0, 0.05) is 36.5 Å². The predicted molar refractivity (Wildman–Crippen MR) is 143 cm³/mol. The lowest BCUT2D eigenvalue weighted by molar-refractivity contribution is -0.111. The highest BCUT2D eigenvalue weighted by Gasteiger charge is 2.41. The third kappa shape index (κ3) is 6.58. The fraction of sp³-hybridized carbons (Fsp3) is 0.500. The number of carbonyl (C=O) groups is 1. The number of Topliss-reactive ketones (excluding diaryl/α,β-unsaturated/α-hetero) is 1. The predicted octanol–water partition coefficient (Wildman–Crippen LogP) is 2.94. The highest BCUT2D eigenvalue weighted by molar-refractivity contribution is 6.33. The van der Waals surface area contributed by atoms with Gasteiger partial charge in [-0.25, -0.2) is 18.7 Å². The van der Waals surface area contributed by atoms with Gasteiger partial charge in [0.1, 0.15) is 29.9 Å². The third-order valence-electron chi connectivity index (χ3n) is 6.50. The zero-order valence-corrected chi connectivity index (χ0v) is 22.6. The molecule has 0 spiro atoms. The lowest BCUT2D eigenvalue weighted by atomic mass is 9.91. The maximum atomic E-state index is 13.4. The number of ketones is 1. The van der Waals surface area contributed by atoms with Crippen molar-refractivity contribution in [3.05, 3.63) is 40.2 Å². The number of ether oxygens (including phenoxy) is 1. The molecule has 1 aliphatic heterocycles. The number of aliphatic hydroxyl groups excluding tert-OH is 1. The summed E-state index contributed by atoms with van der Waals surface area (Å²) in [4.78, 5) is 23.7. The van der Waals surface area contributed by atoms with Crippen LogP contribution in [0.1, 0.15) is 37.9 Å². The van der Waals surface area contributed by atoms with Crippen LogP contribution >= 0.6 is 11.6 Å². The van der Waals surface area contributed by atoms with Crippen molar-refractivity contribution < 1.29 is 28.5 Å². The molecule has 3 rings (SSSR count). The normalized spacial score (nSPS) is 16.8. The van der Waals surface area contributed by atoms with Crippen molar-refractivity contribution >= 4 is 28.8 Å². The van der Waals surface area contributed by atoms with Crippen molar-refractivity contribution in [1.29, 1.82) is 0 Å². The van der Waals surface area contributed by atoms with Gasteiger partial charge in [0.15, 0.2) is 11.6 Å². The first-order chi connectivity index (χ1) is 17.9. The monoisotopic (exact) mass is 553 g/mol. The molecule has 1 saturated heterocycles. The molecule has 1 aromatic heterocycles. The van der Waals surface area contributed by atoms with Crippen LogP contribution in [0.3, 0.4) is 0 Å². The zero-order valence-electron chi connectivity index (χ0n) is 21.9. The van der Waals surface area contributed by atoms with Crippen molar-refractivity contribution in [3.63, 3.8) is 0 Å². The maximum Gasteiger partial charge on any atom is 0.266 e. The fourth-order valence-electron chi connectivity index (χ4n) is 4.38. The Hall–Kier alpha value is -2.86. The number of benzene rings is 1. The summed E-state index contributed by atoms with van der Waals surface area (Å²) in [5.74, 6) is 0.731. The van der Waals surface area contributed by atoms with E-state index in [0.717, 1.165) is 0 Å². The molecule has 9 nitrogen and oxygen atoms in total. The zero-order chi connectivity index (χ0) is 28.2. The number of anilines is 1. The van der Waals surface area contributed by atoms with E-state index in [9.17, 15) is 23.8 Å².